The molecule has 4 nitrogen and oxygen atoms in total. The molecule has 0 spiro atoms. The topological polar surface area (TPSA) is 33.1 Å². The molecule has 2 atom stereocenters. The highest BCUT2D eigenvalue weighted by Crippen LogP contribution is 2.24. The van der Waals surface area contributed by atoms with Crippen molar-refractivity contribution in [3.05, 3.63) is 18.0 Å². The SMILES string of the molecule is Cn1cc(CCN2CCCC(C3CCCN3)C2)cn1. The van der Waals surface area contributed by atoms with Gasteiger partial charge in [-0.1, -0.05) is 0 Å². The van der Waals surface area contributed by atoms with Gasteiger partial charge in [0.15, 0.2) is 0 Å². The van der Waals surface area contributed by atoms with E-state index in [9.17, 15) is 0 Å². The Morgan fingerprint density at radius 3 is 3.05 bits per heavy atom. The number of nitrogens with one attached hydrogen (secondary N) is 1. The molecule has 2 unspecified atom stereocenters. The zero-order valence-corrected chi connectivity index (χ0v) is 12.0. The molecule has 3 rings (SSSR count). The molecule has 0 radical (unpaired) electrons. The standard InChI is InChI=1S/C15H26N4/c1-18-11-13(10-17-18)6-9-19-8-3-4-14(12-19)15-5-2-7-16-15/h10-11,14-16H,2-9,12H2,1H3. The van der Waals surface area contributed by atoms with Crippen LogP contribution >= 0.6 is 0 Å². The predicted octanol–water partition coefficient (Wildman–Crippen LogP) is 1.43. The van der Waals surface area contributed by atoms with Crippen LogP contribution in [0, 0.1) is 5.92 Å². The van der Waals surface area contributed by atoms with E-state index in [2.05, 4.69) is 21.5 Å². The van der Waals surface area contributed by atoms with Gasteiger partial charge in [0.1, 0.15) is 0 Å². The first-order valence-electron chi connectivity index (χ1n) is 7.74. The Morgan fingerprint density at radius 2 is 2.32 bits per heavy atom. The second-order valence-electron chi connectivity index (χ2n) is 6.18. The molecule has 106 valence electrons. The van der Waals surface area contributed by atoms with E-state index < -0.39 is 0 Å². The van der Waals surface area contributed by atoms with Crippen LogP contribution in [0.3, 0.4) is 0 Å². The first-order chi connectivity index (χ1) is 9.31. The van der Waals surface area contributed by atoms with Crippen LogP contribution < -0.4 is 5.32 Å². The summed E-state index contributed by atoms with van der Waals surface area (Å²) in [6.45, 7) is 4.99. The molecule has 3 heterocycles. The quantitative estimate of drug-likeness (QED) is 0.891. The van der Waals surface area contributed by atoms with Crippen molar-refractivity contribution in [3.8, 4) is 0 Å². The Morgan fingerprint density at radius 1 is 1.37 bits per heavy atom. The summed E-state index contributed by atoms with van der Waals surface area (Å²) in [5.41, 5.74) is 1.36. The Balaban J connectivity index is 1.48. The van der Waals surface area contributed by atoms with E-state index in [1.54, 1.807) is 0 Å². The molecule has 2 aliphatic rings. The molecule has 19 heavy (non-hydrogen) atoms. The minimum atomic E-state index is 0.793. The average molecular weight is 262 g/mol. The van der Waals surface area contributed by atoms with E-state index in [-0.39, 0.29) is 0 Å². The molecule has 2 saturated heterocycles. The van der Waals surface area contributed by atoms with E-state index in [4.69, 9.17) is 0 Å². The Hall–Kier alpha value is -0.870. The lowest BCUT2D eigenvalue weighted by Crippen LogP contribution is -2.44. The molecular weight excluding hydrogens is 236 g/mol. The second kappa shape index (κ2) is 6.06. The van der Waals surface area contributed by atoms with Crippen LogP contribution in [0.25, 0.3) is 0 Å². The highest BCUT2D eigenvalue weighted by Gasteiger charge is 2.28. The summed E-state index contributed by atoms with van der Waals surface area (Å²) < 4.78 is 1.90. The maximum atomic E-state index is 4.25. The van der Waals surface area contributed by atoms with E-state index >= 15 is 0 Å². The van der Waals surface area contributed by atoms with Gasteiger partial charge in [-0.05, 0) is 56.7 Å². The fourth-order valence-corrected chi connectivity index (χ4v) is 3.62. The van der Waals surface area contributed by atoms with Crippen molar-refractivity contribution in [3.63, 3.8) is 0 Å². The minimum absolute atomic E-state index is 0.793. The Bertz CT molecular complexity index is 395. The molecule has 0 aliphatic carbocycles. The Labute approximate surface area is 116 Å². The normalized spacial score (nSPS) is 28.9. The van der Waals surface area contributed by atoms with E-state index in [0.29, 0.717) is 0 Å². The van der Waals surface area contributed by atoms with Gasteiger partial charge >= 0.3 is 0 Å². The summed E-state index contributed by atoms with van der Waals surface area (Å²) in [7, 11) is 1.99. The van der Waals surface area contributed by atoms with Crippen LogP contribution in [-0.2, 0) is 13.5 Å². The molecule has 0 bridgehead atoms. The van der Waals surface area contributed by atoms with Crippen molar-refractivity contribution in [2.75, 3.05) is 26.2 Å². The van der Waals surface area contributed by atoms with Gasteiger partial charge < -0.3 is 10.2 Å². The maximum absolute atomic E-state index is 4.25. The van der Waals surface area contributed by atoms with E-state index in [1.807, 2.05) is 17.9 Å². The number of rotatable bonds is 4. The van der Waals surface area contributed by atoms with E-state index in [0.717, 1.165) is 18.4 Å². The lowest BCUT2D eigenvalue weighted by Gasteiger charge is -2.35. The molecule has 1 aromatic rings. The number of aromatic nitrogens is 2. The molecule has 1 aromatic heterocycles. The highest BCUT2D eigenvalue weighted by molar-refractivity contribution is 5.04. The van der Waals surface area contributed by atoms with E-state index in [1.165, 1.54) is 57.4 Å². The van der Waals surface area contributed by atoms with Gasteiger partial charge in [-0.15, -0.1) is 0 Å². The monoisotopic (exact) mass is 262 g/mol. The lowest BCUT2D eigenvalue weighted by molar-refractivity contribution is 0.153. The van der Waals surface area contributed by atoms with Crippen molar-refractivity contribution < 1.29 is 0 Å². The van der Waals surface area contributed by atoms with Crippen LogP contribution in [0.4, 0.5) is 0 Å². The molecule has 0 amide bonds. The summed E-state index contributed by atoms with van der Waals surface area (Å²) in [6.07, 6.45) is 10.8. The summed E-state index contributed by atoms with van der Waals surface area (Å²) in [5, 5.41) is 7.93. The van der Waals surface area contributed by atoms with Crippen LogP contribution in [0.5, 0.6) is 0 Å². The molecule has 0 saturated carbocycles. The van der Waals surface area contributed by atoms with Gasteiger partial charge in [0.2, 0.25) is 0 Å². The van der Waals surface area contributed by atoms with Crippen molar-refractivity contribution in [2.45, 2.75) is 38.1 Å². The minimum Gasteiger partial charge on any atom is -0.314 e. The van der Waals surface area contributed by atoms with Crippen LogP contribution in [0.2, 0.25) is 0 Å². The van der Waals surface area contributed by atoms with Gasteiger partial charge in [-0.3, -0.25) is 4.68 Å². The molecule has 2 aliphatic heterocycles. The fraction of sp³-hybridized carbons (Fsp3) is 0.800. The molecule has 4 heteroatoms. The van der Waals surface area contributed by atoms with Crippen molar-refractivity contribution >= 4 is 0 Å². The third kappa shape index (κ3) is 3.37. The number of piperidine rings is 1. The highest BCUT2D eigenvalue weighted by atomic mass is 15.2. The van der Waals surface area contributed by atoms with Crippen molar-refractivity contribution in [2.24, 2.45) is 13.0 Å². The number of nitrogens with zero attached hydrogens (tertiary/aromatic N) is 3. The lowest BCUT2D eigenvalue weighted by atomic mass is 9.89. The summed E-state index contributed by atoms with van der Waals surface area (Å²) in [6, 6.07) is 0.793. The number of hydrogen-bond acceptors (Lipinski definition) is 3. The molecular formula is C15H26N4. The number of hydrogen-bond donors (Lipinski definition) is 1. The smallest absolute Gasteiger partial charge is 0.0522 e. The number of likely N-dealkylation sites (tertiary alicyclic amines) is 1. The van der Waals surface area contributed by atoms with Crippen LogP contribution in [0.1, 0.15) is 31.2 Å². The average Bonchev–Trinajstić information content (AvgIpc) is 3.08. The van der Waals surface area contributed by atoms with Crippen molar-refractivity contribution in [1.29, 1.82) is 0 Å². The van der Waals surface area contributed by atoms with Gasteiger partial charge in [0, 0.05) is 32.4 Å². The molecule has 1 N–H and O–H groups in total. The molecule has 2 fully saturated rings. The van der Waals surface area contributed by atoms with Gasteiger partial charge in [0.25, 0.3) is 0 Å². The largest absolute Gasteiger partial charge is 0.314 e. The zero-order valence-electron chi connectivity index (χ0n) is 12.0. The summed E-state index contributed by atoms with van der Waals surface area (Å²) >= 11 is 0. The first-order valence-corrected chi connectivity index (χ1v) is 7.74. The molecule has 0 aromatic carbocycles. The van der Waals surface area contributed by atoms with Gasteiger partial charge in [-0.25, -0.2) is 0 Å². The fourth-order valence-electron chi connectivity index (χ4n) is 3.62. The van der Waals surface area contributed by atoms with Crippen molar-refractivity contribution in [1.82, 2.24) is 20.0 Å². The summed E-state index contributed by atoms with van der Waals surface area (Å²) in [5.74, 6) is 0.880. The first kappa shape index (κ1) is 13.1. The number of aryl methyl sites for hydroxylation is 1. The Kier molecular flexibility index (Phi) is 4.18. The maximum Gasteiger partial charge on any atom is 0.0522 e. The predicted molar refractivity (Wildman–Crippen MR) is 77.1 cm³/mol. The van der Waals surface area contributed by atoms with Gasteiger partial charge in [-0.2, -0.15) is 5.10 Å². The second-order valence-corrected chi connectivity index (χ2v) is 6.18. The zero-order chi connectivity index (χ0) is 13.1. The van der Waals surface area contributed by atoms with Gasteiger partial charge in [0.05, 0.1) is 6.20 Å². The summed E-state index contributed by atoms with van der Waals surface area (Å²) in [4.78, 5) is 2.65. The van der Waals surface area contributed by atoms with Crippen LogP contribution in [-0.4, -0.2) is 46.9 Å². The van der Waals surface area contributed by atoms with Crippen LogP contribution in [0.15, 0.2) is 12.4 Å². The third-order valence-corrected chi connectivity index (χ3v) is 4.68. The third-order valence-electron chi connectivity index (χ3n) is 4.68.